The van der Waals surface area contributed by atoms with Gasteiger partial charge in [-0.15, -0.1) is 0 Å². The number of benzene rings is 1. The van der Waals surface area contributed by atoms with Gasteiger partial charge in [-0.1, -0.05) is 13.8 Å². The number of anilines is 1. The number of hydrogen-bond donors (Lipinski definition) is 1. The van der Waals surface area contributed by atoms with E-state index < -0.39 is 0 Å². The molecule has 0 aliphatic heterocycles. The quantitative estimate of drug-likeness (QED) is 0.743. The smallest absolute Gasteiger partial charge is 0.291 e. The second kappa shape index (κ2) is 6.12. The molecule has 0 unspecified atom stereocenters. The number of rotatable bonds is 3. The molecule has 0 bridgehead atoms. The molecule has 0 fully saturated rings. The minimum atomic E-state index is -0.364. The van der Waals surface area contributed by atoms with E-state index in [1.165, 1.54) is 0 Å². The Bertz CT molecular complexity index is 1030. The van der Waals surface area contributed by atoms with Crippen LogP contribution in [0.4, 0.5) is 5.69 Å². The van der Waals surface area contributed by atoms with Gasteiger partial charge in [0.1, 0.15) is 11.3 Å². The molecule has 1 aliphatic rings. The number of nitrogens with zero attached hydrogens (tertiary/aromatic N) is 1. The number of carbonyl (C=O) groups is 2. The van der Waals surface area contributed by atoms with Crippen LogP contribution in [-0.2, 0) is 6.42 Å². The molecule has 134 valence electrons. The van der Waals surface area contributed by atoms with E-state index in [-0.39, 0.29) is 23.4 Å². The summed E-state index contributed by atoms with van der Waals surface area (Å²) in [4.78, 5) is 29.2. The highest BCUT2D eigenvalue weighted by Gasteiger charge is 2.28. The molecule has 1 aromatic carbocycles. The SMILES string of the molecule is Cc1c(C(=O)Nc2ccc3oc(C(C)C)nc3c2)oc2c1C(=O)CCC2. The van der Waals surface area contributed by atoms with E-state index in [0.29, 0.717) is 52.4 Å². The maximum atomic E-state index is 12.6. The molecule has 6 heteroatoms. The van der Waals surface area contributed by atoms with Crippen LogP contribution < -0.4 is 5.32 Å². The summed E-state index contributed by atoms with van der Waals surface area (Å²) in [5.74, 6) is 1.37. The Hall–Kier alpha value is -2.89. The maximum absolute atomic E-state index is 12.6. The van der Waals surface area contributed by atoms with Gasteiger partial charge in [0.2, 0.25) is 0 Å². The van der Waals surface area contributed by atoms with Crippen molar-refractivity contribution in [1.29, 1.82) is 0 Å². The third kappa shape index (κ3) is 2.71. The van der Waals surface area contributed by atoms with E-state index in [9.17, 15) is 9.59 Å². The first-order valence-corrected chi connectivity index (χ1v) is 8.81. The number of aryl methyl sites for hydroxylation is 1. The van der Waals surface area contributed by atoms with Crippen molar-refractivity contribution in [3.05, 3.63) is 46.7 Å². The number of amides is 1. The highest BCUT2D eigenvalue weighted by molar-refractivity contribution is 6.07. The number of hydrogen-bond acceptors (Lipinski definition) is 5. The molecule has 3 aromatic rings. The predicted molar refractivity (Wildman–Crippen MR) is 96.8 cm³/mol. The van der Waals surface area contributed by atoms with E-state index in [1.807, 2.05) is 13.8 Å². The summed E-state index contributed by atoms with van der Waals surface area (Å²) in [5.41, 5.74) is 3.17. The second-order valence-electron chi connectivity index (χ2n) is 6.97. The Morgan fingerprint density at radius 2 is 2.04 bits per heavy atom. The first-order chi connectivity index (χ1) is 12.4. The van der Waals surface area contributed by atoms with Crippen LogP contribution in [0.2, 0.25) is 0 Å². The first-order valence-electron chi connectivity index (χ1n) is 8.81. The van der Waals surface area contributed by atoms with Gasteiger partial charge in [0.15, 0.2) is 23.0 Å². The fraction of sp³-hybridized carbons (Fsp3) is 0.350. The molecule has 0 atom stereocenters. The highest BCUT2D eigenvalue weighted by atomic mass is 16.4. The number of carbonyl (C=O) groups excluding carboxylic acids is 2. The van der Waals surface area contributed by atoms with Crippen LogP contribution in [0.3, 0.4) is 0 Å². The third-order valence-corrected chi connectivity index (χ3v) is 4.67. The van der Waals surface area contributed by atoms with Gasteiger partial charge in [-0.05, 0) is 31.5 Å². The zero-order valence-corrected chi connectivity index (χ0v) is 15.0. The second-order valence-corrected chi connectivity index (χ2v) is 6.97. The lowest BCUT2D eigenvalue weighted by Crippen LogP contribution is -2.13. The Kier molecular flexibility index (Phi) is 3.90. The molecule has 0 saturated carbocycles. The van der Waals surface area contributed by atoms with E-state index in [1.54, 1.807) is 25.1 Å². The summed E-state index contributed by atoms with van der Waals surface area (Å²) in [6.45, 7) is 5.78. The molecule has 1 amide bonds. The molecule has 0 saturated heterocycles. The monoisotopic (exact) mass is 352 g/mol. The molecular formula is C20H20N2O4. The number of furan rings is 1. The van der Waals surface area contributed by atoms with E-state index in [4.69, 9.17) is 8.83 Å². The Morgan fingerprint density at radius 3 is 2.77 bits per heavy atom. The Labute approximate surface area is 150 Å². The van der Waals surface area contributed by atoms with E-state index >= 15 is 0 Å². The van der Waals surface area contributed by atoms with Gasteiger partial charge in [-0.3, -0.25) is 9.59 Å². The van der Waals surface area contributed by atoms with E-state index in [2.05, 4.69) is 10.3 Å². The maximum Gasteiger partial charge on any atom is 0.291 e. The van der Waals surface area contributed by atoms with E-state index in [0.717, 1.165) is 6.42 Å². The van der Waals surface area contributed by atoms with Crippen molar-refractivity contribution in [2.45, 2.75) is 46.0 Å². The molecule has 1 aliphatic carbocycles. The van der Waals surface area contributed by atoms with Crippen LogP contribution in [0, 0.1) is 6.92 Å². The van der Waals surface area contributed by atoms with Gasteiger partial charge in [0.05, 0.1) is 5.56 Å². The van der Waals surface area contributed by atoms with Crippen molar-refractivity contribution in [3.63, 3.8) is 0 Å². The molecular weight excluding hydrogens is 332 g/mol. The molecule has 6 nitrogen and oxygen atoms in total. The zero-order chi connectivity index (χ0) is 18.4. The standard InChI is InChI=1S/C20H20N2O4/c1-10(2)20-22-13-9-12(7-8-15(13)26-20)21-19(24)18-11(3)17-14(23)5-4-6-16(17)25-18/h7-10H,4-6H2,1-3H3,(H,21,24). The van der Waals surface area contributed by atoms with Crippen LogP contribution in [0.5, 0.6) is 0 Å². The average Bonchev–Trinajstić information content (AvgIpc) is 3.17. The fourth-order valence-corrected chi connectivity index (χ4v) is 3.32. The highest BCUT2D eigenvalue weighted by Crippen LogP contribution is 2.30. The van der Waals surface area contributed by atoms with Crippen LogP contribution in [-0.4, -0.2) is 16.7 Å². The van der Waals surface area contributed by atoms with Crippen LogP contribution in [0.15, 0.2) is 27.0 Å². The summed E-state index contributed by atoms with van der Waals surface area (Å²) in [6, 6.07) is 5.32. The van der Waals surface area contributed by atoms with Crippen molar-refractivity contribution in [2.24, 2.45) is 0 Å². The van der Waals surface area contributed by atoms with Gasteiger partial charge >= 0.3 is 0 Å². The number of oxazole rings is 1. The summed E-state index contributed by atoms with van der Waals surface area (Å²) >= 11 is 0. The minimum absolute atomic E-state index is 0.0526. The molecule has 2 aromatic heterocycles. The molecule has 26 heavy (non-hydrogen) atoms. The largest absolute Gasteiger partial charge is 0.455 e. The number of fused-ring (bicyclic) bond motifs is 2. The average molecular weight is 352 g/mol. The van der Waals surface area contributed by atoms with Gasteiger partial charge in [-0.2, -0.15) is 0 Å². The first kappa shape index (κ1) is 16.6. The predicted octanol–water partition coefficient (Wildman–Crippen LogP) is 4.62. The summed E-state index contributed by atoms with van der Waals surface area (Å²) < 4.78 is 11.4. The lowest BCUT2D eigenvalue weighted by atomic mass is 9.94. The van der Waals surface area contributed by atoms with Crippen molar-refractivity contribution in [2.75, 3.05) is 5.32 Å². The number of ketones is 1. The molecule has 4 rings (SSSR count). The van der Waals surface area contributed by atoms with Crippen LogP contribution in [0.1, 0.15) is 70.7 Å². The van der Waals surface area contributed by atoms with Crippen molar-refractivity contribution < 1.29 is 18.4 Å². The number of aromatic nitrogens is 1. The van der Waals surface area contributed by atoms with Gasteiger partial charge in [0, 0.05) is 30.0 Å². The molecule has 1 N–H and O–H groups in total. The third-order valence-electron chi connectivity index (χ3n) is 4.67. The summed E-state index contributed by atoms with van der Waals surface area (Å²) in [6.07, 6.45) is 1.97. The molecule has 0 radical (unpaired) electrons. The topological polar surface area (TPSA) is 85.3 Å². The fourth-order valence-electron chi connectivity index (χ4n) is 3.32. The Morgan fingerprint density at radius 1 is 1.23 bits per heavy atom. The molecule has 2 heterocycles. The normalized spacial score (nSPS) is 14.1. The van der Waals surface area contributed by atoms with Crippen LogP contribution in [0.25, 0.3) is 11.1 Å². The lowest BCUT2D eigenvalue weighted by molar-refractivity contribution is 0.0963. The zero-order valence-electron chi connectivity index (χ0n) is 15.0. The number of Topliss-reactive ketones (excluding diaryl/α,β-unsaturated/α-hetero) is 1. The van der Waals surface area contributed by atoms with Crippen molar-refractivity contribution >= 4 is 28.5 Å². The van der Waals surface area contributed by atoms with Gasteiger partial charge in [0.25, 0.3) is 5.91 Å². The Balaban J connectivity index is 1.62. The van der Waals surface area contributed by atoms with Crippen molar-refractivity contribution in [3.8, 4) is 0 Å². The number of nitrogens with one attached hydrogen (secondary N) is 1. The summed E-state index contributed by atoms with van der Waals surface area (Å²) in [7, 11) is 0. The van der Waals surface area contributed by atoms with Gasteiger partial charge in [-0.25, -0.2) is 4.98 Å². The van der Waals surface area contributed by atoms with Gasteiger partial charge < -0.3 is 14.2 Å². The minimum Gasteiger partial charge on any atom is -0.455 e. The summed E-state index contributed by atoms with van der Waals surface area (Å²) in [5, 5.41) is 2.83. The van der Waals surface area contributed by atoms with Crippen molar-refractivity contribution in [1.82, 2.24) is 4.98 Å². The lowest BCUT2D eigenvalue weighted by Gasteiger charge is -2.07. The van der Waals surface area contributed by atoms with Crippen LogP contribution >= 0.6 is 0 Å². The molecule has 0 spiro atoms.